The number of nitrogens with zero attached hydrogens (tertiary/aromatic N) is 1. The Labute approximate surface area is 119 Å². The third kappa shape index (κ3) is 121. The Morgan fingerprint density at radius 2 is 0.682 bits per heavy atom. The van der Waals surface area contributed by atoms with E-state index in [1.807, 2.05) is 0 Å². The summed E-state index contributed by atoms with van der Waals surface area (Å²) in [5.41, 5.74) is 0. The van der Waals surface area contributed by atoms with Gasteiger partial charge in [-0.2, -0.15) is 0 Å². The largest absolute Gasteiger partial charge is 0.673 e. The van der Waals surface area contributed by atoms with Gasteiger partial charge in [-0.1, -0.05) is 6.42 Å². The van der Waals surface area contributed by atoms with E-state index in [0.29, 0.717) is 0 Å². The van der Waals surface area contributed by atoms with Crippen LogP contribution in [0.5, 0.6) is 0 Å². The van der Waals surface area contributed by atoms with Gasteiger partial charge in [0.15, 0.2) is 0 Å². The minimum absolute atomic E-state index is 1.32. The van der Waals surface area contributed by atoms with Crippen molar-refractivity contribution in [1.82, 2.24) is 4.90 Å². The van der Waals surface area contributed by atoms with E-state index in [0.717, 1.165) is 0 Å². The van der Waals surface area contributed by atoms with Gasteiger partial charge in [0.25, 0.3) is 0 Å². The van der Waals surface area contributed by atoms with Gasteiger partial charge in [-0.25, -0.2) is 0 Å². The highest BCUT2D eigenvalue weighted by Gasteiger charge is 2.21. The van der Waals surface area contributed by atoms with Gasteiger partial charge in [0.2, 0.25) is 0 Å². The molecule has 16 heteroatoms. The molecule has 0 N–H and O–H groups in total. The maximum atomic E-state index is 9.75. The molecule has 1 aliphatic rings. The molecule has 1 nitrogen and oxygen atoms in total. The first kappa shape index (κ1) is 26.2. The molecule has 0 saturated carbocycles. The number of hydrogen-bond acceptors (Lipinski definition) is 1. The molecule has 1 heterocycles. The summed E-state index contributed by atoms with van der Waals surface area (Å²) < 4.78 is 117. The standard InChI is InChI=1S/C6H13N.3BF4/c1-7-5-3-2-4-6-7;3*2-1(3,4)5/h2-6H2,1H3;;;/q;3*-1. The van der Waals surface area contributed by atoms with Crippen LogP contribution in [0, 0.1) is 0 Å². The smallest absolute Gasteiger partial charge is 0.418 e. The molecule has 1 fully saturated rings. The fourth-order valence-electron chi connectivity index (χ4n) is 1.05. The van der Waals surface area contributed by atoms with Crippen LogP contribution in [0.2, 0.25) is 0 Å². The van der Waals surface area contributed by atoms with Gasteiger partial charge in [-0.15, -0.1) is 0 Å². The van der Waals surface area contributed by atoms with Gasteiger partial charge in [0.05, 0.1) is 0 Å². The van der Waals surface area contributed by atoms with Crippen molar-refractivity contribution in [3.8, 4) is 0 Å². The van der Waals surface area contributed by atoms with E-state index < -0.39 is 21.8 Å². The highest BCUT2D eigenvalue weighted by Crippen LogP contribution is 2.07. The summed E-state index contributed by atoms with van der Waals surface area (Å²) >= 11 is 0. The second-order valence-corrected chi connectivity index (χ2v) is 3.85. The van der Waals surface area contributed by atoms with E-state index in [1.54, 1.807) is 0 Å². The molecule has 0 atom stereocenters. The van der Waals surface area contributed by atoms with Gasteiger partial charge in [0.1, 0.15) is 0 Å². The molecule has 0 spiro atoms. The molecule has 0 aromatic rings. The minimum atomic E-state index is -6.00. The molecule has 0 unspecified atom stereocenters. The summed E-state index contributed by atoms with van der Waals surface area (Å²) in [6.45, 7) is 2.64. The highest BCUT2D eigenvalue weighted by molar-refractivity contribution is 6.50. The molecule has 22 heavy (non-hydrogen) atoms. The average molecular weight is 360 g/mol. The van der Waals surface area contributed by atoms with Crippen molar-refractivity contribution in [1.29, 1.82) is 0 Å². The van der Waals surface area contributed by atoms with E-state index in [4.69, 9.17) is 0 Å². The monoisotopic (exact) mass is 360 g/mol. The third-order valence-corrected chi connectivity index (χ3v) is 1.58. The van der Waals surface area contributed by atoms with Crippen LogP contribution in [0.25, 0.3) is 0 Å². The van der Waals surface area contributed by atoms with Gasteiger partial charge in [-0.05, 0) is 33.0 Å². The van der Waals surface area contributed by atoms with E-state index >= 15 is 0 Å². The number of hydrogen-bond donors (Lipinski definition) is 0. The van der Waals surface area contributed by atoms with E-state index in [2.05, 4.69) is 11.9 Å². The summed E-state index contributed by atoms with van der Waals surface area (Å²) in [5, 5.41) is 0. The van der Waals surface area contributed by atoms with Crippen molar-refractivity contribution in [2.45, 2.75) is 19.3 Å². The summed E-state index contributed by atoms with van der Waals surface area (Å²) in [5.74, 6) is 0. The number of likely N-dealkylation sites (tertiary alicyclic amines) is 1. The van der Waals surface area contributed by atoms with Crippen LogP contribution in [0.15, 0.2) is 0 Å². The van der Waals surface area contributed by atoms with Gasteiger partial charge >= 0.3 is 21.8 Å². The van der Waals surface area contributed by atoms with Gasteiger partial charge in [0, 0.05) is 0 Å². The first-order valence-corrected chi connectivity index (χ1v) is 5.70. The Bertz CT molecular complexity index is 198. The minimum Gasteiger partial charge on any atom is -0.418 e. The third-order valence-electron chi connectivity index (χ3n) is 1.58. The lowest BCUT2D eigenvalue weighted by Crippen LogP contribution is -2.24. The van der Waals surface area contributed by atoms with E-state index in [1.165, 1.54) is 32.4 Å². The quantitative estimate of drug-likeness (QED) is 0.434. The molecular formula is C6H13B3F12N-3. The lowest BCUT2D eigenvalue weighted by molar-refractivity contribution is 0.277. The molecule has 0 aromatic heterocycles. The summed E-state index contributed by atoms with van der Waals surface area (Å²) in [6, 6.07) is 0. The van der Waals surface area contributed by atoms with Crippen LogP contribution in [0.4, 0.5) is 51.8 Å². The number of halogens is 12. The van der Waals surface area contributed by atoms with Crippen molar-refractivity contribution in [2.75, 3.05) is 20.1 Å². The van der Waals surface area contributed by atoms with Crippen LogP contribution in [-0.2, 0) is 0 Å². The molecule has 1 aliphatic heterocycles. The molecule has 0 bridgehead atoms. The van der Waals surface area contributed by atoms with Crippen molar-refractivity contribution in [3.05, 3.63) is 0 Å². The maximum Gasteiger partial charge on any atom is 0.673 e. The molecule has 0 aliphatic carbocycles. The van der Waals surface area contributed by atoms with Gasteiger partial charge < -0.3 is 56.7 Å². The molecule has 0 radical (unpaired) electrons. The van der Waals surface area contributed by atoms with Crippen molar-refractivity contribution < 1.29 is 51.8 Å². The summed E-state index contributed by atoms with van der Waals surface area (Å²) in [4.78, 5) is 2.39. The molecular weight excluding hydrogens is 346 g/mol. The molecule has 0 aromatic carbocycles. The maximum absolute atomic E-state index is 9.75. The molecule has 138 valence electrons. The van der Waals surface area contributed by atoms with Crippen molar-refractivity contribution in [2.24, 2.45) is 0 Å². The zero-order chi connectivity index (χ0) is 18.6. The lowest BCUT2D eigenvalue weighted by Gasteiger charge is -2.20. The van der Waals surface area contributed by atoms with E-state index in [-0.39, 0.29) is 0 Å². The van der Waals surface area contributed by atoms with Crippen LogP contribution < -0.4 is 0 Å². The second-order valence-electron chi connectivity index (χ2n) is 3.85. The predicted octanol–water partition coefficient (Wildman–Crippen LogP) is 5.00. The number of rotatable bonds is 0. The first-order chi connectivity index (χ1) is 9.39. The lowest BCUT2D eigenvalue weighted by atomic mass is 10.1. The van der Waals surface area contributed by atoms with Gasteiger partial charge in [-0.3, -0.25) is 0 Å². The summed E-state index contributed by atoms with van der Waals surface area (Å²) in [6.07, 6.45) is 4.28. The zero-order valence-electron chi connectivity index (χ0n) is 11.3. The second kappa shape index (κ2) is 11.8. The van der Waals surface area contributed by atoms with Crippen molar-refractivity contribution in [3.63, 3.8) is 0 Å². The first-order valence-electron chi connectivity index (χ1n) is 5.70. The fraction of sp³-hybridized carbons (Fsp3) is 1.00. The Morgan fingerprint density at radius 3 is 0.773 bits per heavy atom. The summed E-state index contributed by atoms with van der Waals surface area (Å²) in [7, 11) is -15.8. The topological polar surface area (TPSA) is 3.24 Å². The van der Waals surface area contributed by atoms with Crippen LogP contribution in [-0.4, -0.2) is 46.8 Å². The Morgan fingerprint density at radius 1 is 0.500 bits per heavy atom. The Hall–Kier alpha value is -0.685. The molecule has 0 amide bonds. The van der Waals surface area contributed by atoms with Crippen LogP contribution in [0.1, 0.15) is 19.3 Å². The van der Waals surface area contributed by atoms with Crippen molar-refractivity contribution >= 4 is 21.8 Å². The normalized spacial score (nSPS) is 16.2. The number of piperidine rings is 1. The highest BCUT2D eigenvalue weighted by atomic mass is 19.5. The molecule has 1 rings (SSSR count). The fourth-order valence-corrected chi connectivity index (χ4v) is 1.05. The molecule has 1 saturated heterocycles. The Kier molecular flexibility index (Phi) is 14.1. The predicted molar refractivity (Wildman–Crippen MR) is 61.9 cm³/mol. The SMILES string of the molecule is CN1CCCCC1.F[B-](F)(F)F.F[B-](F)(F)F.F[B-](F)(F)F. The van der Waals surface area contributed by atoms with Crippen LogP contribution in [0.3, 0.4) is 0 Å². The van der Waals surface area contributed by atoms with Crippen LogP contribution >= 0.6 is 0 Å². The van der Waals surface area contributed by atoms with E-state index in [9.17, 15) is 51.8 Å². The average Bonchev–Trinajstić information content (AvgIpc) is 2.09. The zero-order valence-corrected chi connectivity index (χ0v) is 11.3. The Balaban J connectivity index is -0.000000223.